The zero-order chi connectivity index (χ0) is 18.5. The minimum atomic E-state index is -0.281. The molecule has 0 fully saturated rings. The first-order chi connectivity index (χ1) is 12.1. The lowest BCUT2D eigenvalue weighted by Gasteiger charge is -2.13. The number of esters is 2. The summed E-state index contributed by atoms with van der Waals surface area (Å²) in [5.41, 5.74) is 0. The van der Waals surface area contributed by atoms with Crippen LogP contribution in [-0.2, 0) is 9.59 Å². The van der Waals surface area contributed by atoms with E-state index in [1.165, 1.54) is 12.8 Å². The second-order valence-corrected chi connectivity index (χ2v) is 6.45. The molecule has 0 aliphatic rings. The number of para-hydroxylation sites is 2. The summed E-state index contributed by atoms with van der Waals surface area (Å²) in [5.74, 6) is 0.402. The first-order valence-corrected chi connectivity index (χ1v) is 9.61. The molecular formula is C21H32O4. The average molecular weight is 348 g/mol. The molecule has 140 valence electrons. The Bertz CT molecular complexity index is 520. The molecule has 0 amide bonds. The van der Waals surface area contributed by atoms with Crippen molar-refractivity contribution in [2.24, 2.45) is 5.92 Å². The minimum Gasteiger partial charge on any atom is -0.423 e. The van der Waals surface area contributed by atoms with Crippen molar-refractivity contribution in [3.8, 4) is 11.5 Å². The number of unbranched alkanes of at least 4 members (excludes halogenated alkanes) is 4. The lowest BCUT2D eigenvalue weighted by molar-refractivity contribution is -0.137. The molecule has 0 saturated heterocycles. The lowest BCUT2D eigenvalue weighted by atomic mass is 10.00. The zero-order valence-electron chi connectivity index (χ0n) is 15.9. The van der Waals surface area contributed by atoms with Gasteiger partial charge in [-0.15, -0.1) is 0 Å². The highest BCUT2D eigenvalue weighted by atomic mass is 16.6. The van der Waals surface area contributed by atoms with E-state index in [1.54, 1.807) is 24.3 Å². The van der Waals surface area contributed by atoms with Gasteiger partial charge in [-0.3, -0.25) is 9.59 Å². The Labute approximate surface area is 151 Å². The summed E-state index contributed by atoms with van der Waals surface area (Å²) in [7, 11) is 0. The van der Waals surface area contributed by atoms with Gasteiger partial charge in [0.15, 0.2) is 11.5 Å². The number of rotatable bonds is 12. The summed E-state index contributed by atoms with van der Waals surface area (Å²) in [6, 6.07) is 6.85. The van der Waals surface area contributed by atoms with Crippen molar-refractivity contribution in [3.63, 3.8) is 0 Å². The molecule has 0 N–H and O–H groups in total. The molecule has 1 aromatic rings. The van der Waals surface area contributed by atoms with Gasteiger partial charge in [-0.25, -0.2) is 0 Å². The minimum absolute atomic E-state index is 0.278. The summed E-state index contributed by atoms with van der Waals surface area (Å²) < 4.78 is 10.8. The first kappa shape index (κ1) is 21.2. The largest absolute Gasteiger partial charge is 0.423 e. The third-order valence-electron chi connectivity index (χ3n) is 4.39. The fourth-order valence-electron chi connectivity index (χ4n) is 2.64. The van der Waals surface area contributed by atoms with Gasteiger partial charge >= 0.3 is 11.9 Å². The number of hydrogen-bond acceptors (Lipinski definition) is 4. The maximum Gasteiger partial charge on any atom is 0.311 e. The van der Waals surface area contributed by atoms with Crippen LogP contribution < -0.4 is 9.47 Å². The van der Waals surface area contributed by atoms with Gasteiger partial charge in [0.2, 0.25) is 0 Å². The Kier molecular flexibility index (Phi) is 10.6. The number of carbonyl (C=O) groups is 2. The molecule has 4 nitrogen and oxygen atoms in total. The molecule has 4 heteroatoms. The van der Waals surface area contributed by atoms with E-state index < -0.39 is 0 Å². The van der Waals surface area contributed by atoms with Crippen molar-refractivity contribution in [1.29, 1.82) is 0 Å². The molecule has 0 bridgehead atoms. The predicted octanol–water partition coefficient (Wildman–Crippen LogP) is 5.68. The Morgan fingerprint density at radius 2 is 1.40 bits per heavy atom. The molecule has 0 radical (unpaired) electrons. The van der Waals surface area contributed by atoms with E-state index in [0.717, 1.165) is 32.1 Å². The molecular weight excluding hydrogens is 316 g/mol. The summed E-state index contributed by atoms with van der Waals surface area (Å²) in [6.07, 6.45) is 8.05. The first-order valence-electron chi connectivity index (χ1n) is 9.61. The van der Waals surface area contributed by atoms with Gasteiger partial charge in [-0.1, -0.05) is 71.4 Å². The highest BCUT2D eigenvalue weighted by Crippen LogP contribution is 2.28. The van der Waals surface area contributed by atoms with Gasteiger partial charge in [0.1, 0.15) is 0 Å². The topological polar surface area (TPSA) is 52.6 Å². The molecule has 0 atom stereocenters. The lowest BCUT2D eigenvalue weighted by Crippen LogP contribution is -2.15. The van der Waals surface area contributed by atoms with Gasteiger partial charge in [-0.2, -0.15) is 0 Å². The van der Waals surface area contributed by atoms with Crippen LogP contribution in [0.1, 0.15) is 78.6 Å². The number of benzene rings is 1. The number of ether oxygens (including phenoxy) is 2. The normalized spacial score (nSPS) is 10.7. The summed E-state index contributed by atoms with van der Waals surface area (Å²) in [5, 5.41) is 0. The zero-order valence-corrected chi connectivity index (χ0v) is 15.9. The number of carbonyl (C=O) groups excluding carboxylic acids is 2. The molecule has 0 spiro atoms. The van der Waals surface area contributed by atoms with E-state index in [0.29, 0.717) is 30.3 Å². The Morgan fingerprint density at radius 1 is 0.840 bits per heavy atom. The van der Waals surface area contributed by atoms with Crippen molar-refractivity contribution in [2.75, 3.05) is 0 Å². The van der Waals surface area contributed by atoms with Crippen LogP contribution in [0, 0.1) is 5.92 Å². The SMILES string of the molecule is CCCCCCCC(=O)Oc1ccccc1OC(=O)CC(CC)CC. The van der Waals surface area contributed by atoms with E-state index in [2.05, 4.69) is 20.8 Å². The standard InChI is InChI=1S/C21H32O4/c1-4-7-8-9-10-15-20(22)24-18-13-11-12-14-19(18)25-21(23)16-17(5-2)6-3/h11-14,17H,4-10,15-16H2,1-3H3. The van der Waals surface area contributed by atoms with Gasteiger partial charge in [-0.05, 0) is 24.5 Å². The molecule has 1 aromatic carbocycles. The van der Waals surface area contributed by atoms with Gasteiger partial charge in [0.25, 0.3) is 0 Å². The Morgan fingerprint density at radius 3 is 1.96 bits per heavy atom. The molecule has 0 saturated carbocycles. The van der Waals surface area contributed by atoms with E-state index in [4.69, 9.17) is 9.47 Å². The summed E-state index contributed by atoms with van der Waals surface area (Å²) in [4.78, 5) is 24.1. The quantitative estimate of drug-likeness (QED) is 0.277. The molecule has 1 rings (SSSR count). The second-order valence-electron chi connectivity index (χ2n) is 6.45. The van der Waals surface area contributed by atoms with Crippen LogP contribution >= 0.6 is 0 Å². The molecule has 0 heterocycles. The highest BCUT2D eigenvalue weighted by molar-refractivity contribution is 5.76. The molecule has 0 aromatic heterocycles. The van der Waals surface area contributed by atoms with Crippen molar-refractivity contribution in [3.05, 3.63) is 24.3 Å². The van der Waals surface area contributed by atoms with E-state index in [1.807, 2.05) is 0 Å². The van der Waals surface area contributed by atoms with Crippen LogP contribution in [-0.4, -0.2) is 11.9 Å². The van der Waals surface area contributed by atoms with Crippen LogP contribution in [0.2, 0.25) is 0 Å². The number of hydrogen-bond donors (Lipinski definition) is 0. The van der Waals surface area contributed by atoms with Crippen molar-refractivity contribution >= 4 is 11.9 Å². The van der Waals surface area contributed by atoms with E-state index in [9.17, 15) is 9.59 Å². The maximum atomic E-state index is 12.1. The monoisotopic (exact) mass is 348 g/mol. The second kappa shape index (κ2) is 12.5. The van der Waals surface area contributed by atoms with Crippen LogP contribution in [0.3, 0.4) is 0 Å². The fraction of sp³-hybridized carbons (Fsp3) is 0.619. The van der Waals surface area contributed by atoms with E-state index >= 15 is 0 Å². The molecule has 0 aliphatic heterocycles. The average Bonchev–Trinajstić information content (AvgIpc) is 2.61. The third kappa shape index (κ3) is 8.71. The van der Waals surface area contributed by atoms with E-state index in [-0.39, 0.29) is 11.9 Å². The Balaban J connectivity index is 2.52. The van der Waals surface area contributed by atoms with Gasteiger partial charge in [0, 0.05) is 12.8 Å². The smallest absolute Gasteiger partial charge is 0.311 e. The molecule has 0 unspecified atom stereocenters. The third-order valence-corrected chi connectivity index (χ3v) is 4.39. The molecule has 0 aliphatic carbocycles. The van der Waals surface area contributed by atoms with Gasteiger partial charge < -0.3 is 9.47 Å². The summed E-state index contributed by atoms with van der Waals surface area (Å²) >= 11 is 0. The van der Waals surface area contributed by atoms with Crippen LogP contribution in [0.5, 0.6) is 11.5 Å². The van der Waals surface area contributed by atoms with Crippen LogP contribution in [0.15, 0.2) is 24.3 Å². The van der Waals surface area contributed by atoms with Crippen LogP contribution in [0.25, 0.3) is 0 Å². The highest BCUT2D eigenvalue weighted by Gasteiger charge is 2.16. The summed E-state index contributed by atoms with van der Waals surface area (Å²) in [6.45, 7) is 6.30. The molecule has 25 heavy (non-hydrogen) atoms. The van der Waals surface area contributed by atoms with Crippen molar-refractivity contribution < 1.29 is 19.1 Å². The van der Waals surface area contributed by atoms with Crippen molar-refractivity contribution in [1.82, 2.24) is 0 Å². The van der Waals surface area contributed by atoms with Crippen LogP contribution in [0.4, 0.5) is 0 Å². The fourth-order valence-corrected chi connectivity index (χ4v) is 2.64. The van der Waals surface area contributed by atoms with Crippen molar-refractivity contribution in [2.45, 2.75) is 78.6 Å². The maximum absolute atomic E-state index is 12.1. The van der Waals surface area contributed by atoms with Gasteiger partial charge in [0.05, 0.1) is 0 Å². The predicted molar refractivity (Wildman–Crippen MR) is 99.8 cm³/mol. The Hall–Kier alpha value is -1.84.